The normalized spacial score (nSPS) is 28.7. The number of aliphatic carboxylic acids is 1. The quantitative estimate of drug-likeness (QED) is 0.847. The van der Waals surface area contributed by atoms with Crippen LogP contribution in [0.1, 0.15) is 43.4 Å². The van der Waals surface area contributed by atoms with E-state index in [2.05, 4.69) is 0 Å². The van der Waals surface area contributed by atoms with E-state index in [9.17, 15) is 19.5 Å². The summed E-state index contributed by atoms with van der Waals surface area (Å²) in [4.78, 5) is 38.8. The number of likely N-dealkylation sites (tertiary alicyclic amines) is 1. The standard InChI is InChI=1S/C19H23NO5/c1-11-4-6-12(7-5-11)15-14(17(22)25-3)10-19(2,18(23)24)20(15)16(21)13-8-9-13/h4-7,13-15H,8-10H2,1-3H3,(H,23,24). The molecule has 1 aliphatic carbocycles. The molecule has 1 saturated heterocycles. The van der Waals surface area contributed by atoms with Crippen LogP contribution in [-0.2, 0) is 19.1 Å². The van der Waals surface area contributed by atoms with Crippen LogP contribution >= 0.6 is 0 Å². The fraction of sp³-hybridized carbons (Fsp3) is 0.526. The Morgan fingerprint density at radius 3 is 2.28 bits per heavy atom. The van der Waals surface area contributed by atoms with Gasteiger partial charge < -0.3 is 14.7 Å². The Kier molecular flexibility index (Phi) is 4.31. The lowest BCUT2D eigenvalue weighted by atomic mass is 9.90. The van der Waals surface area contributed by atoms with Crippen molar-refractivity contribution in [3.8, 4) is 0 Å². The number of carboxylic acid groups (broad SMARTS) is 1. The number of carbonyl (C=O) groups excluding carboxylic acids is 2. The van der Waals surface area contributed by atoms with Gasteiger partial charge in [-0.05, 0) is 38.7 Å². The van der Waals surface area contributed by atoms with E-state index in [1.165, 1.54) is 18.9 Å². The van der Waals surface area contributed by atoms with Gasteiger partial charge >= 0.3 is 11.9 Å². The van der Waals surface area contributed by atoms with Crippen molar-refractivity contribution in [1.29, 1.82) is 0 Å². The predicted octanol–water partition coefficient (Wildman–Crippen LogP) is 2.31. The third-order valence-corrected chi connectivity index (χ3v) is 5.36. The molecule has 0 radical (unpaired) electrons. The molecule has 2 fully saturated rings. The maximum Gasteiger partial charge on any atom is 0.329 e. The molecule has 0 spiro atoms. The zero-order valence-electron chi connectivity index (χ0n) is 14.7. The Bertz CT molecular complexity index is 709. The minimum absolute atomic E-state index is 0.0476. The van der Waals surface area contributed by atoms with Crippen LogP contribution in [0.4, 0.5) is 0 Å². The third-order valence-electron chi connectivity index (χ3n) is 5.36. The highest BCUT2D eigenvalue weighted by atomic mass is 16.5. The van der Waals surface area contributed by atoms with Gasteiger partial charge in [-0.3, -0.25) is 9.59 Å². The van der Waals surface area contributed by atoms with Crippen LogP contribution in [0, 0.1) is 18.8 Å². The first kappa shape index (κ1) is 17.5. The van der Waals surface area contributed by atoms with E-state index >= 15 is 0 Å². The van der Waals surface area contributed by atoms with E-state index < -0.39 is 29.4 Å². The summed E-state index contributed by atoms with van der Waals surface area (Å²) in [6.07, 6.45) is 1.59. The van der Waals surface area contributed by atoms with Gasteiger partial charge in [-0.15, -0.1) is 0 Å². The summed E-state index contributed by atoms with van der Waals surface area (Å²) in [5.74, 6) is -2.59. The van der Waals surface area contributed by atoms with Crippen molar-refractivity contribution in [2.45, 2.75) is 44.7 Å². The molecule has 25 heavy (non-hydrogen) atoms. The number of hydrogen-bond acceptors (Lipinski definition) is 4. The predicted molar refractivity (Wildman–Crippen MR) is 89.7 cm³/mol. The van der Waals surface area contributed by atoms with Gasteiger partial charge in [0, 0.05) is 5.92 Å². The summed E-state index contributed by atoms with van der Waals surface area (Å²) in [6.45, 7) is 3.48. The van der Waals surface area contributed by atoms with Crippen LogP contribution in [0.2, 0.25) is 0 Å². The van der Waals surface area contributed by atoms with E-state index in [0.717, 1.165) is 24.0 Å². The second kappa shape index (κ2) is 6.17. The number of hydrogen-bond donors (Lipinski definition) is 1. The van der Waals surface area contributed by atoms with Crippen molar-refractivity contribution in [3.05, 3.63) is 35.4 Å². The van der Waals surface area contributed by atoms with Gasteiger partial charge in [0.2, 0.25) is 5.91 Å². The molecule has 6 heteroatoms. The number of carboxylic acids is 1. The van der Waals surface area contributed by atoms with Crippen molar-refractivity contribution in [1.82, 2.24) is 4.90 Å². The molecule has 3 atom stereocenters. The maximum absolute atomic E-state index is 12.9. The van der Waals surface area contributed by atoms with Gasteiger partial charge in [0.25, 0.3) is 0 Å². The molecule has 1 aliphatic heterocycles. The van der Waals surface area contributed by atoms with E-state index in [-0.39, 0.29) is 18.2 Å². The molecular weight excluding hydrogens is 322 g/mol. The lowest BCUT2D eigenvalue weighted by Gasteiger charge is -2.36. The molecule has 0 bridgehead atoms. The van der Waals surface area contributed by atoms with Gasteiger partial charge in [-0.25, -0.2) is 4.79 Å². The number of carbonyl (C=O) groups is 3. The number of methoxy groups -OCH3 is 1. The molecule has 1 heterocycles. The fourth-order valence-electron chi connectivity index (χ4n) is 3.73. The summed E-state index contributed by atoms with van der Waals surface area (Å²) in [5, 5.41) is 9.83. The molecular formula is C19H23NO5. The highest BCUT2D eigenvalue weighted by Crippen LogP contribution is 2.50. The highest BCUT2D eigenvalue weighted by Gasteiger charge is 2.59. The number of esters is 1. The van der Waals surface area contributed by atoms with Gasteiger partial charge in [0.05, 0.1) is 19.1 Å². The van der Waals surface area contributed by atoms with Crippen molar-refractivity contribution in [2.75, 3.05) is 7.11 Å². The van der Waals surface area contributed by atoms with Gasteiger partial charge in [-0.2, -0.15) is 0 Å². The van der Waals surface area contributed by atoms with Crippen LogP contribution < -0.4 is 0 Å². The topological polar surface area (TPSA) is 83.9 Å². The first-order valence-electron chi connectivity index (χ1n) is 8.50. The summed E-state index contributed by atoms with van der Waals surface area (Å²) in [5.41, 5.74) is 0.395. The Morgan fingerprint density at radius 2 is 1.80 bits per heavy atom. The van der Waals surface area contributed by atoms with Crippen molar-refractivity contribution in [3.63, 3.8) is 0 Å². The van der Waals surface area contributed by atoms with E-state index in [1.54, 1.807) is 0 Å². The molecule has 0 aromatic heterocycles. The molecule has 6 nitrogen and oxygen atoms in total. The minimum Gasteiger partial charge on any atom is -0.480 e. The van der Waals surface area contributed by atoms with Crippen LogP contribution in [0.15, 0.2) is 24.3 Å². The molecule has 1 N–H and O–H groups in total. The van der Waals surface area contributed by atoms with Crippen molar-refractivity contribution < 1.29 is 24.2 Å². The molecule has 3 unspecified atom stereocenters. The molecule has 3 rings (SSSR count). The van der Waals surface area contributed by atoms with Crippen molar-refractivity contribution in [2.24, 2.45) is 11.8 Å². The third kappa shape index (κ3) is 2.90. The number of amides is 1. The monoisotopic (exact) mass is 345 g/mol. The minimum atomic E-state index is -1.42. The average molecular weight is 345 g/mol. The van der Waals surface area contributed by atoms with Crippen LogP contribution in [0.5, 0.6) is 0 Å². The second-order valence-electron chi connectivity index (χ2n) is 7.25. The van der Waals surface area contributed by atoms with E-state index in [1.807, 2.05) is 31.2 Å². The Balaban J connectivity index is 2.11. The maximum atomic E-state index is 12.9. The zero-order valence-corrected chi connectivity index (χ0v) is 14.7. The van der Waals surface area contributed by atoms with Crippen LogP contribution in [0.3, 0.4) is 0 Å². The Labute approximate surface area is 146 Å². The molecule has 1 saturated carbocycles. The molecule has 134 valence electrons. The first-order chi connectivity index (χ1) is 11.8. The summed E-state index contributed by atoms with van der Waals surface area (Å²) in [7, 11) is 1.29. The number of ether oxygens (including phenoxy) is 1. The SMILES string of the molecule is COC(=O)C1CC(C)(C(=O)O)N(C(=O)C2CC2)C1c1ccc(C)cc1. The largest absolute Gasteiger partial charge is 0.480 e. The Morgan fingerprint density at radius 1 is 1.20 bits per heavy atom. The van der Waals surface area contributed by atoms with Crippen LogP contribution in [-0.4, -0.2) is 40.5 Å². The number of benzene rings is 1. The highest BCUT2D eigenvalue weighted by molar-refractivity contribution is 5.92. The lowest BCUT2D eigenvalue weighted by molar-refractivity contribution is -0.158. The Hall–Kier alpha value is -2.37. The number of aryl methyl sites for hydroxylation is 1. The summed E-state index contributed by atoms with van der Waals surface area (Å²) >= 11 is 0. The summed E-state index contributed by atoms with van der Waals surface area (Å²) in [6, 6.07) is 6.90. The van der Waals surface area contributed by atoms with E-state index in [4.69, 9.17) is 4.74 Å². The van der Waals surface area contributed by atoms with Crippen molar-refractivity contribution >= 4 is 17.8 Å². The molecule has 1 aromatic carbocycles. The number of nitrogens with zero attached hydrogens (tertiary/aromatic N) is 1. The summed E-state index contributed by atoms with van der Waals surface area (Å²) < 4.78 is 4.92. The number of rotatable bonds is 4. The van der Waals surface area contributed by atoms with Gasteiger partial charge in [0.1, 0.15) is 5.54 Å². The molecule has 1 amide bonds. The average Bonchev–Trinajstić information content (AvgIpc) is 3.38. The van der Waals surface area contributed by atoms with E-state index in [0.29, 0.717) is 0 Å². The zero-order chi connectivity index (χ0) is 18.4. The fourth-order valence-corrected chi connectivity index (χ4v) is 3.73. The first-order valence-corrected chi connectivity index (χ1v) is 8.50. The van der Waals surface area contributed by atoms with Gasteiger partial charge in [-0.1, -0.05) is 29.8 Å². The lowest BCUT2D eigenvalue weighted by Crippen LogP contribution is -2.52. The molecule has 2 aliphatic rings. The second-order valence-corrected chi connectivity index (χ2v) is 7.25. The smallest absolute Gasteiger partial charge is 0.329 e. The van der Waals surface area contributed by atoms with Crippen LogP contribution in [0.25, 0.3) is 0 Å². The molecule has 1 aromatic rings. The van der Waals surface area contributed by atoms with Gasteiger partial charge in [0.15, 0.2) is 0 Å².